The van der Waals surface area contributed by atoms with Crippen molar-refractivity contribution in [3.63, 3.8) is 0 Å². The molecule has 0 saturated carbocycles. The standard InChI is InChI=1S/C17H26N2O4/c1-17(2)7-6-8-18-15(17)16(20)19-11-9-12(21-3)14(23-5)13(10-11)22-4/h9-10,15,18H,6-8H2,1-5H3,(H,19,20). The van der Waals surface area contributed by atoms with Gasteiger partial charge in [0.15, 0.2) is 11.5 Å². The van der Waals surface area contributed by atoms with Crippen LogP contribution < -0.4 is 24.8 Å². The third-order valence-electron chi connectivity index (χ3n) is 4.32. The molecule has 1 fully saturated rings. The summed E-state index contributed by atoms with van der Waals surface area (Å²) in [4.78, 5) is 12.7. The summed E-state index contributed by atoms with van der Waals surface area (Å²) < 4.78 is 15.9. The minimum absolute atomic E-state index is 0.0519. The SMILES string of the molecule is COc1cc(NC(=O)C2NCCCC2(C)C)cc(OC)c1OC. The van der Waals surface area contributed by atoms with Crippen LogP contribution in [0.3, 0.4) is 0 Å². The van der Waals surface area contributed by atoms with Gasteiger partial charge in [-0.1, -0.05) is 13.8 Å². The first-order valence-electron chi connectivity index (χ1n) is 7.77. The van der Waals surface area contributed by atoms with Crippen LogP contribution in [0.1, 0.15) is 26.7 Å². The van der Waals surface area contributed by atoms with Crippen LogP contribution in [-0.2, 0) is 4.79 Å². The Labute approximate surface area is 137 Å². The number of hydrogen-bond donors (Lipinski definition) is 2. The molecule has 2 N–H and O–H groups in total. The lowest BCUT2D eigenvalue weighted by atomic mass is 9.77. The van der Waals surface area contributed by atoms with E-state index in [1.165, 1.54) is 0 Å². The van der Waals surface area contributed by atoms with Gasteiger partial charge in [0.05, 0.1) is 27.4 Å². The minimum atomic E-state index is -0.227. The second kappa shape index (κ2) is 7.08. The van der Waals surface area contributed by atoms with E-state index in [0.29, 0.717) is 22.9 Å². The van der Waals surface area contributed by atoms with Crippen LogP contribution in [0.4, 0.5) is 5.69 Å². The molecule has 1 aromatic carbocycles. The van der Waals surface area contributed by atoms with Crippen molar-refractivity contribution in [1.29, 1.82) is 0 Å². The van der Waals surface area contributed by atoms with Gasteiger partial charge in [-0.05, 0) is 24.8 Å². The Bertz CT molecular complexity index is 547. The number of carbonyl (C=O) groups excluding carboxylic acids is 1. The zero-order chi connectivity index (χ0) is 17.0. The van der Waals surface area contributed by atoms with Crippen molar-refractivity contribution in [2.45, 2.75) is 32.7 Å². The Hall–Kier alpha value is -1.95. The molecule has 1 heterocycles. The highest BCUT2D eigenvalue weighted by atomic mass is 16.5. The average Bonchev–Trinajstić information content (AvgIpc) is 2.53. The third kappa shape index (κ3) is 3.69. The Morgan fingerprint density at radius 2 is 1.78 bits per heavy atom. The van der Waals surface area contributed by atoms with Gasteiger partial charge in [-0.2, -0.15) is 0 Å². The molecule has 1 aromatic rings. The van der Waals surface area contributed by atoms with Crippen LogP contribution in [0, 0.1) is 5.41 Å². The van der Waals surface area contributed by atoms with Gasteiger partial charge in [0.1, 0.15) is 0 Å². The van der Waals surface area contributed by atoms with Gasteiger partial charge in [0, 0.05) is 17.8 Å². The highest BCUT2D eigenvalue weighted by Gasteiger charge is 2.37. The summed E-state index contributed by atoms with van der Waals surface area (Å²) >= 11 is 0. The van der Waals surface area contributed by atoms with Crippen LogP contribution in [-0.4, -0.2) is 39.8 Å². The smallest absolute Gasteiger partial charge is 0.242 e. The molecule has 0 spiro atoms. The lowest BCUT2D eigenvalue weighted by Crippen LogP contribution is -2.53. The first-order chi connectivity index (χ1) is 10.9. The summed E-state index contributed by atoms with van der Waals surface area (Å²) in [5.41, 5.74) is 0.538. The molecule has 0 bridgehead atoms. The lowest BCUT2D eigenvalue weighted by molar-refractivity contribution is -0.121. The Kier molecular flexibility index (Phi) is 5.36. The third-order valence-corrected chi connectivity index (χ3v) is 4.32. The second-order valence-corrected chi connectivity index (χ2v) is 6.38. The van der Waals surface area contributed by atoms with Crippen LogP contribution in [0.25, 0.3) is 0 Å². The molecular formula is C17H26N2O4. The van der Waals surface area contributed by atoms with Crippen molar-refractivity contribution in [3.05, 3.63) is 12.1 Å². The largest absolute Gasteiger partial charge is 0.493 e. The first kappa shape index (κ1) is 17.4. The molecule has 6 nitrogen and oxygen atoms in total. The molecule has 6 heteroatoms. The molecule has 1 saturated heterocycles. The maximum Gasteiger partial charge on any atom is 0.242 e. The topological polar surface area (TPSA) is 68.8 Å². The van der Waals surface area contributed by atoms with E-state index in [4.69, 9.17) is 14.2 Å². The molecule has 1 aliphatic heterocycles. The molecule has 128 valence electrons. The molecule has 1 amide bonds. The molecule has 0 radical (unpaired) electrons. The van der Waals surface area contributed by atoms with E-state index in [-0.39, 0.29) is 17.4 Å². The Morgan fingerprint density at radius 1 is 1.17 bits per heavy atom. The van der Waals surface area contributed by atoms with Crippen molar-refractivity contribution in [1.82, 2.24) is 5.32 Å². The van der Waals surface area contributed by atoms with E-state index in [9.17, 15) is 4.79 Å². The molecular weight excluding hydrogens is 296 g/mol. The Balaban J connectivity index is 2.24. The lowest BCUT2D eigenvalue weighted by Gasteiger charge is -2.38. The maximum atomic E-state index is 12.7. The fraction of sp³-hybridized carbons (Fsp3) is 0.588. The predicted molar refractivity (Wildman–Crippen MR) is 89.5 cm³/mol. The number of nitrogens with one attached hydrogen (secondary N) is 2. The molecule has 0 aromatic heterocycles. The number of hydrogen-bond acceptors (Lipinski definition) is 5. The van der Waals surface area contributed by atoms with Crippen LogP contribution in [0.2, 0.25) is 0 Å². The van der Waals surface area contributed by atoms with Gasteiger partial charge in [-0.3, -0.25) is 4.79 Å². The fourth-order valence-corrected chi connectivity index (χ4v) is 3.03. The summed E-state index contributed by atoms with van der Waals surface area (Å²) in [7, 11) is 4.65. The predicted octanol–water partition coefficient (Wildman–Crippen LogP) is 2.43. The molecule has 1 aliphatic rings. The number of carbonyl (C=O) groups is 1. The van der Waals surface area contributed by atoms with E-state index >= 15 is 0 Å². The molecule has 23 heavy (non-hydrogen) atoms. The number of benzene rings is 1. The van der Waals surface area contributed by atoms with Crippen LogP contribution in [0.5, 0.6) is 17.2 Å². The van der Waals surface area contributed by atoms with Gasteiger partial charge >= 0.3 is 0 Å². The first-order valence-corrected chi connectivity index (χ1v) is 7.77. The highest BCUT2D eigenvalue weighted by molar-refractivity contribution is 5.96. The normalized spacial score (nSPS) is 19.8. The van der Waals surface area contributed by atoms with Crippen molar-refractivity contribution >= 4 is 11.6 Å². The van der Waals surface area contributed by atoms with E-state index < -0.39 is 0 Å². The molecule has 1 unspecified atom stereocenters. The van der Waals surface area contributed by atoms with E-state index in [2.05, 4.69) is 24.5 Å². The summed E-state index contributed by atoms with van der Waals surface area (Å²) in [5.74, 6) is 1.48. The van der Waals surface area contributed by atoms with E-state index in [1.807, 2.05) is 0 Å². The van der Waals surface area contributed by atoms with Crippen molar-refractivity contribution in [3.8, 4) is 17.2 Å². The number of anilines is 1. The number of rotatable bonds is 5. The van der Waals surface area contributed by atoms with Gasteiger partial charge < -0.3 is 24.8 Å². The highest BCUT2D eigenvalue weighted by Crippen LogP contribution is 2.40. The maximum absolute atomic E-state index is 12.7. The number of methoxy groups -OCH3 is 3. The van der Waals surface area contributed by atoms with Crippen LogP contribution >= 0.6 is 0 Å². The fourth-order valence-electron chi connectivity index (χ4n) is 3.03. The summed E-state index contributed by atoms with van der Waals surface area (Å²) in [6.45, 7) is 5.08. The van der Waals surface area contributed by atoms with E-state index in [1.54, 1.807) is 33.5 Å². The van der Waals surface area contributed by atoms with E-state index in [0.717, 1.165) is 19.4 Å². The quantitative estimate of drug-likeness (QED) is 0.871. The number of piperidine rings is 1. The number of ether oxygens (including phenoxy) is 3. The monoisotopic (exact) mass is 322 g/mol. The second-order valence-electron chi connectivity index (χ2n) is 6.38. The summed E-state index contributed by atoms with van der Waals surface area (Å²) in [6.07, 6.45) is 2.11. The van der Waals surface area contributed by atoms with Crippen molar-refractivity contribution in [2.75, 3.05) is 33.2 Å². The van der Waals surface area contributed by atoms with Gasteiger partial charge in [0.25, 0.3) is 0 Å². The minimum Gasteiger partial charge on any atom is -0.493 e. The van der Waals surface area contributed by atoms with Crippen molar-refractivity contribution in [2.24, 2.45) is 5.41 Å². The zero-order valence-electron chi connectivity index (χ0n) is 14.5. The summed E-state index contributed by atoms with van der Waals surface area (Å²) in [6, 6.07) is 3.24. The van der Waals surface area contributed by atoms with Crippen LogP contribution in [0.15, 0.2) is 12.1 Å². The summed E-state index contributed by atoms with van der Waals surface area (Å²) in [5, 5.41) is 6.26. The molecule has 0 aliphatic carbocycles. The number of amides is 1. The van der Waals surface area contributed by atoms with Gasteiger partial charge in [-0.15, -0.1) is 0 Å². The van der Waals surface area contributed by atoms with Gasteiger partial charge in [-0.25, -0.2) is 0 Å². The van der Waals surface area contributed by atoms with Crippen molar-refractivity contribution < 1.29 is 19.0 Å². The Morgan fingerprint density at radius 3 is 2.26 bits per heavy atom. The molecule has 1 atom stereocenters. The van der Waals surface area contributed by atoms with Gasteiger partial charge in [0.2, 0.25) is 11.7 Å². The average molecular weight is 322 g/mol. The molecule has 2 rings (SSSR count). The zero-order valence-corrected chi connectivity index (χ0v) is 14.5.